The Morgan fingerprint density at radius 3 is 2.44 bits per heavy atom. The number of sulfonamides is 1. The minimum Gasteiger partial charge on any atom is -0.444 e. The summed E-state index contributed by atoms with van der Waals surface area (Å²) in [6, 6.07) is 2.41. The second-order valence-corrected chi connectivity index (χ2v) is 9.84. The molecular weight excluding hydrogens is 455 g/mol. The third kappa shape index (κ3) is 7.22. The van der Waals surface area contributed by atoms with Crippen molar-refractivity contribution >= 4 is 21.8 Å². The van der Waals surface area contributed by atoms with Gasteiger partial charge in [0, 0.05) is 25.2 Å². The van der Waals surface area contributed by atoms with E-state index in [0.717, 1.165) is 4.31 Å². The quantitative estimate of drug-likeness (QED) is 0.456. The number of rotatable bonds is 9. The Hall–Kier alpha value is -2.09. The molecule has 0 aliphatic carbocycles. The first kappa shape index (κ1) is 26.2. The zero-order chi connectivity index (χ0) is 24.1. The van der Waals surface area contributed by atoms with Gasteiger partial charge in [0.15, 0.2) is 6.04 Å². The highest BCUT2D eigenvalue weighted by atomic mass is 32.2. The number of anilines is 1. The molecule has 1 aromatic carbocycles. The summed E-state index contributed by atoms with van der Waals surface area (Å²) in [5.41, 5.74) is 5.88. The molecule has 9 nitrogen and oxygen atoms in total. The van der Waals surface area contributed by atoms with Crippen LogP contribution >= 0.6 is 0 Å². The van der Waals surface area contributed by atoms with Gasteiger partial charge in [-0.05, 0) is 30.2 Å². The molecule has 2 rings (SSSR count). The molecule has 0 bridgehead atoms. The molecule has 0 saturated carbocycles. The molecule has 3 atom stereocenters. The van der Waals surface area contributed by atoms with Gasteiger partial charge < -0.3 is 25.6 Å². The molecule has 1 aliphatic rings. The molecule has 0 spiro atoms. The summed E-state index contributed by atoms with van der Waals surface area (Å²) >= 11 is 0. The van der Waals surface area contributed by atoms with Crippen molar-refractivity contribution in [2.75, 3.05) is 32.0 Å². The van der Waals surface area contributed by atoms with Crippen LogP contribution in [0.4, 0.5) is 23.7 Å². The van der Waals surface area contributed by atoms with Gasteiger partial charge in [-0.1, -0.05) is 13.8 Å². The molecule has 3 unspecified atom stereocenters. The van der Waals surface area contributed by atoms with Gasteiger partial charge in [-0.2, -0.15) is 17.5 Å². The van der Waals surface area contributed by atoms with Gasteiger partial charge in [-0.3, -0.25) is 0 Å². The minimum atomic E-state index is -5.06. The van der Waals surface area contributed by atoms with Crippen molar-refractivity contribution in [2.45, 2.75) is 49.6 Å². The van der Waals surface area contributed by atoms with E-state index in [0.29, 0.717) is 18.7 Å². The van der Waals surface area contributed by atoms with Gasteiger partial charge in [0.1, 0.15) is 6.10 Å². The van der Waals surface area contributed by atoms with Crippen molar-refractivity contribution in [1.29, 1.82) is 0 Å². The number of alkyl carbamates (subject to hydrolysis) is 1. The number of carbonyl (C=O) groups excluding carboxylic acids is 1. The zero-order valence-corrected chi connectivity index (χ0v) is 18.5. The first-order valence-electron chi connectivity index (χ1n) is 9.96. The number of halogens is 3. The number of hydrogen-bond acceptors (Lipinski definition) is 7. The smallest absolute Gasteiger partial charge is 0.411 e. The van der Waals surface area contributed by atoms with E-state index in [1.807, 2.05) is 0 Å². The van der Waals surface area contributed by atoms with E-state index >= 15 is 0 Å². The third-order valence-corrected chi connectivity index (χ3v) is 6.50. The van der Waals surface area contributed by atoms with Crippen LogP contribution in [0, 0.1) is 5.92 Å². The average Bonchev–Trinajstić information content (AvgIpc) is 3.17. The fourth-order valence-corrected chi connectivity index (χ4v) is 4.72. The van der Waals surface area contributed by atoms with Crippen molar-refractivity contribution in [1.82, 2.24) is 9.62 Å². The molecule has 13 heteroatoms. The van der Waals surface area contributed by atoms with Crippen LogP contribution in [0.5, 0.6) is 0 Å². The van der Waals surface area contributed by atoms with Crippen molar-refractivity contribution < 1.29 is 41.0 Å². The van der Waals surface area contributed by atoms with E-state index < -0.39 is 47.1 Å². The Morgan fingerprint density at radius 2 is 1.94 bits per heavy atom. The van der Waals surface area contributed by atoms with E-state index in [4.69, 9.17) is 15.2 Å². The van der Waals surface area contributed by atoms with E-state index in [2.05, 4.69) is 0 Å². The molecule has 32 heavy (non-hydrogen) atoms. The molecule has 1 aliphatic heterocycles. The largest absolute Gasteiger partial charge is 0.444 e. The molecule has 1 aromatic rings. The second kappa shape index (κ2) is 10.7. The number of alkyl halides is 3. The van der Waals surface area contributed by atoms with Gasteiger partial charge >= 0.3 is 12.3 Å². The number of aliphatic hydroxyl groups excluding tert-OH is 1. The van der Waals surface area contributed by atoms with Crippen LogP contribution in [-0.4, -0.2) is 74.7 Å². The summed E-state index contributed by atoms with van der Waals surface area (Å²) in [5.74, 6) is -0.254. The van der Waals surface area contributed by atoms with Crippen molar-refractivity contribution in [3.8, 4) is 0 Å². The van der Waals surface area contributed by atoms with Crippen LogP contribution in [0.25, 0.3) is 0 Å². The molecule has 1 amide bonds. The summed E-state index contributed by atoms with van der Waals surface area (Å²) in [7, 11) is -4.24. The Kier molecular flexibility index (Phi) is 8.74. The lowest BCUT2D eigenvalue weighted by Gasteiger charge is -2.31. The van der Waals surface area contributed by atoms with Crippen LogP contribution in [0.2, 0.25) is 0 Å². The predicted molar refractivity (Wildman–Crippen MR) is 109 cm³/mol. The fraction of sp³-hybridized carbons (Fsp3) is 0.632. The van der Waals surface area contributed by atoms with E-state index in [1.54, 1.807) is 19.2 Å². The van der Waals surface area contributed by atoms with Gasteiger partial charge in [0.2, 0.25) is 10.0 Å². The third-order valence-electron chi connectivity index (χ3n) is 4.65. The van der Waals surface area contributed by atoms with Crippen LogP contribution in [0.15, 0.2) is 29.2 Å². The Morgan fingerprint density at radius 1 is 1.31 bits per heavy atom. The standard InChI is InChI=1S/C19H28F3N3O6S/c1-12(2)9-25(32(28,29)15-5-3-13(23)4-6-15)10-16(26)17(19(20,21)22)24-18(27)31-14-7-8-30-11-14/h3-6,12,14,16-17,26H,7-11,23H2,1-2H3,(H,24,27). The summed E-state index contributed by atoms with van der Waals surface area (Å²) in [4.78, 5) is 11.7. The van der Waals surface area contributed by atoms with Crippen molar-refractivity contribution in [2.24, 2.45) is 5.92 Å². The number of aliphatic hydroxyl groups is 1. The number of hydrogen-bond donors (Lipinski definition) is 3. The van der Waals surface area contributed by atoms with Gasteiger partial charge in [-0.25, -0.2) is 13.2 Å². The topological polar surface area (TPSA) is 131 Å². The minimum absolute atomic E-state index is 0.0641. The lowest BCUT2D eigenvalue weighted by molar-refractivity contribution is -0.177. The van der Waals surface area contributed by atoms with Crippen molar-refractivity contribution in [3.05, 3.63) is 24.3 Å². The Bertz CT molecular complexity index is 858. The van der Waals surface area contributed by atoms with E-state index in [1.165, 1.54) is 24.3 Å². The SMILES string of the molecule is CC(C)CN(CC(O)C(NC(=O)OC1CCOC1)C(F)(F)F)S(=O)(=O)c1ccc(N)cc1. The molecule has 4 N–H and O–H groups in total. The molecule has 0 radical (unpaired) electrons. The summed E-state index contributed by atoms with van der Waals surface area (Å²) < 4.78 is 77.4. The summed E-state index contributed by atoms with van der Waals surface area (Å²) in [6.07, 6.45) is -9.07. The highest BCUT2D eigenvalue weighted by Gasteiger charge is 2.47. The number of nitrogens with two attached hydrogens (primary N) is 1. The number of nitrogen functional groups attached to an aromatic ring is 1. The van der Waals surface area contributed by atoms with Crippen LogP contribution in [-0.2, 0) is 19.5 Å². The summed E-state index contributed by atoms with van der Waals surface area (Å²) in [5, 5.41) is 12.0. The predicted octanol–water partition coefficient (Wildman–Crippen LogP) is 1.72. The lowest BCUT2D eigenvalue weighted by Crippen LogP contribution is -2.57. The highest BCUT2D eigenvalue weighted by molar-refractivity contribution is 7.89. The molecule has 1 heterocycles. The number of nitrogens with one attached hydrogen (secondary N) is 1. The van der Waals surface area contributed by atoms with Gasteiger partial charge in [0.25, 0.3) is 0 Å². The maximum atomic E-state index is 13.6. The van der Waals surface area contributed by atoms with Crippen LogP contribution in [0.3, 0.4) is 0 Å². The molecule has 182 valence electrons. The normalized spacial score (nSPS) is 19.2. The monoisotopic (exact) mass is 483 g/mol. The highest BCUT2D eigenvalue weighted by Crippen LogP contribution is 2.26. The van der Waals surface area contributed by atoms with Gasteiger partial charge in [-0.15, -0.1) is 0 Å². The number of ether oxygens (including phenoxy) is 2. The first-order valence-corrected chi connectivity index (χ1v) is 11.4. The molecular formula is C19H28F3N3O6S. The van der Waals surface area contributed by atoms with E-state index in [-0.39, 0.29) is 24.0 Å². The first-order chi connectivity index (χ1) is 14.8. The number of nitrogens with zero attached hydrogens (tertiary/aromatic N) is 1. The molecule has 1 saturated heterocycles. The number of amides is 1. The van der Waals surface area contributed by atoms with Gasteiger partial charge in [0.05, 0.1) is 24.2 Å². The number of benzene rings is 1. The second-order valence-electron chi connectivity index (χ2n) is 7.91. The number of carbonyl (C=O) groups is 1. The van der Waals surface area contributed by atoms with Crippen molar-refractivity contribution in [3.63, 3.8) is 0 Å². The zero-order valence-electron chi connectivity index (χ0n) is 17.7. The Balaban J connectivity index is 2.20. The lowest BCUT2D eigenvalue weighted by atomic mass is 10.1. The fourth-order valence-electron chi connectivity index (χ4n) is 3.10. The average molecular weight is 484 g/mol. The maximum absolute atomic E-state index is 13.6. The molecule has 0 aromatic heterocycles. The summed E-state index contributed by atoms with van der Waals surface area (Å²) in [6.45, 7) is 2.68. The van der Waals surface area contributed by atoms with E-state index in [9.17, 15) is 31.5 Å². The van der Waals surface area contributed by atoms with Crippen LogP contribution in [0.1, 0.15) is 20.3 Å². The van der Waals surface area contributed by atoms with Crippen LogP contribution < -0.4 is 11.1 Å². The molecule has 1 fully saturated rings. The maximum Gasteiger partial charge on any atom is 0.411 e. The Labute approximate surface area is 184 Å².